The Labute approximate surface area is 199 Å². The molecule has 4 rings (SSSR count). The van der Waals surface area contributed by atoms with Gasteiger partial charge in [0.1, 0.15) is 5.75 Å². The molecule has 2 aromatic carbocycles. The fraction of sp³-hybridized carbons (Fsp3) is 0.250. The molecule has 33 heavy (non-hydrogen) atoms. The number of benzene rings is 2. The lowest BCUT2D eigenvalue weighted by Crippen LogP contribution is -2.32. The molecule has 0 saturated carbocycles. The number of phenols is 1. The maximum atomic E-state index is 13.6. The molecule has 0 spiro atoms. The maximum Gasteiger partial charge on any atom is 0.290 e. The summed E-state index contributed by atoms with van der Waals surface area (Å²) in [4.78, 5) is 27.9. The topological polar surface area (TPSA) is 100 Å². The second-order valence-corrected chi connectivity index (χ2v) is 8.54. The number of ketones is 1. The molecule has 172 valence electrons. The first-order valence-electron chi connectivity index (χ1n) is 10.3. The van der Waals surface area contributed by atoms with E-state index in [1.807, 2.05) is 6.92 Å². The molecule has 1 atom stereocenters. The number of halogens is 2. The van der Waals surface area contributed by atoms with Gasteiger partial charge in [0.25, 0.3) is 5.91 Å². The summed E-state index contributed by atoms with van der Waals surface area (Å²) in [5, 5.41) is 21.6. The lowest BCUT2D eigenvalue weighted by molar-refractivity contribution is -0.129. The number of aliphatic hydroxyl groups excluding tert-OH is 1. The zero-order valence-electron chi connectivity index (χ0n) is 17.9. The Bertz CT molecular complexity index is 1300. The number of nitrogens with zero attached hydrogens (tertiary/aromatic N) is 1. The van der Waals surface area contributed by atoms with Crippen LogP contribution in [-0.2, 0) is 4.79 Å². The summed E-state index contributed by atoms with van der Waals surface area (Å²) in [5.41, 5.74) is 0.676. The van der Waals surface area contributed by atoms with Crippen molar-refractivity contribution in [3.63, 3.8) is 0 Å². The van der Waals surface area contributed by atoms with E-state index in [1.165, 1.54) is 30.2 Å². The van der Waals surface area contributed by atoms with Crippen LogP contribution in [0.3, 0.4) is 0 Å². The number of furan rings is 1. The molecule has 1 aliphatic rings. The number of ether oxygens (including phenoxy) is 1. The second kappa shape index (κ2) is 9.00. The van der Waals surface area contributed by atoms with Crippen LogP contribution < -0.4 is 4.74 Å². The second-order valence-electron chi connectivity index (χ2n) is 7.69. The number of carbonyl (C=O) groups is 2. The van der Waals surface area contributed by atoms with Gasteiger partial charge < -0.3 is 24.3 Å². The molecule has 1 aliphatic heterocycles. The highest BCUT2D eigenvalue weighted by molar-refractivity contribution is 6.32. The zero-order chi connectivity index (χ0) is 23.9. The van der Waals surface area contributed by atoms with E-state index in [1.54, 1.807) is 18.2 Å². The molecule has 1 unspecified atom stereocenters. The quantitative estimate of drug-likeness (QED) is 0.404. The summed E-state index contributed by atoms with van der Waals surface area (Å²) in [5.74, 6) is -1.81. The van der Waals surface area contributed by atoms with Gasteiger partial charge in [-0.05, 0) is 36.2 Å². The molecular formula is C24H21Cl2NO6. The van der Waals surface area contributed by atoms with Crippen molar-refractivity contribution < 1.29 is 29.0 Å². The zero-order valence-corrected chi connectivity index (χ0v) is 19.4. The van der Waals surface area contributed by atoms with E-state index in [0.29, 0.717) is 40.3 Å². The van der Waals surface area contributed by atoms with Crippen molar-refractivity contribution in [1.29, 1.82) is 0 Å². The summed E-state index contributed by atoms with van der Waals surface area (Å²) in [6, 6.07) is 8.20. The maximum absolute atomic E-state index is 13.6. The van der Waals surface area contributed by atoms with Crippen molar-refractivity contribution in [2.75, 3.05) is 13.7 Å². The van der Waals surface area contributed by atoms with E-state index >= 15 is 0 Å². The fourth-order valence-electron chi connectivity index (χ4n) is 3.97. The van der Waals surface area contributed by atoms with Crippen LogP contribution >= 0.6 is 23.2 Å². The van der Waals surface area contributed by atoms with Crippen LogP contribution in [0.1, 0.15) is 41.9 Å². The number of fused-ring (bicyclic) bond motifs is 1. The van der Waals surface area contributed by atoms with Crippen LogP contribution in [0.4, 0.5) is 0 Å². The van der Waals surface area contributed by atoms with Gasteiger partial charge in [0.05, 0.1) is 23.7 Å². The van der Waals surface area contributed by atoms with Crippen LogP contribution in [0.25, 0.3) is 11.0 Å². The number of phenolic OH excluding ortho intramolecular Hbond substituents is 1. The number of methoxy groups -OCH3 is 1. The molecule has 0 aliphatic carbocycles. The van der Waals surface area contributed by atoms with Crippen LogP contribution in [0.5, 0.6) is 11.5 Å². The number of unbranched alkanes of at least 4 members (excludes halogenated alkanes) is 1. The first-order chi connectivity index (χ1) is 15.8. The summed E-state index contributed by atoms with van der Waals surface area (Å²) >= 11 is 12.2. The standard InChI is InChI=1S/C24H21Cl2NO6/c1-3-4-7-27-20(12-5-6-16(28)15(26)9-12)19(22(30)24(27)31)21(29)17-10-13-8-14(25)11-18(32-2)23(13)33-17/h5-6,8-11,20,28,30H,3-4,7H2,1-2H3. The van der Waals surface area contributed by atoms with Gasteiger partial charge in [-0.2, -0.15) is 0 Å². The van der Waals surface area contributed by atoms with Gasteiger partial charge in [-0.3, -0.25) is 9.59 Å². The summed E-state index contributed by atoms with van der Waals surface area (Å²) in [6.07, 6.45) is 1.48. The first kappa shape index (κ1) is 23.0. The Hall–Kier alpha value is -3.16. The molecule has 0 saturated heterocycles. The van der Waals surface area contributed by atoms with Crippen LogP contribution in [0.15, 0.2) is 52.1 Å². The number of aromatic hydroxyl groups is 1. The summed E-state index contributed by atoms with van der Waals surface area (Å²) in [7, 11) is 1.45. The van der Waals surface area contributed by atoms with Crippen molar-refractivity contribution in [2.45, 2.75) is 25.8 Å². The predicted octanol–water partition coefficient (Wildman–Crippen LogP) is 5.83. The van der Waals surface area contributed by atoms with Crippen LogP contribution in [0.2, 0.25) is 10.0 Å². The molecule has 0 fully saturated rings. The van der Waals surface area contributed by atoms with Gasteiger partial charge in [-0.25, -0.2) is 0 Å². The molecule has 9 heteroatoms. The molecular weight excluding hydrogens is 469 g/mol. The van der Waals surface area contributed by atoms with Crippen LogP contribution in [0, 0.1) is 0 Å². The van der Waals surface area contributed by atoms with E-state index < -0.39 is 23.5 Å². The van der Waals surface area contributed by atoms with Crippen molar-refractivity contribution in [3.8, 4) is 11.5 Å². The molecule has 3 aromatic rings. The number of Topliss-reactive ketones (excluding diaryl/α,β-unsaturated/α-hetero) is 1. The summed E-state index contributed by atoms with van der Waals surface area (Å²) in [6.45, 7) is 2.29. The Kier molecular flexibility index (Phi) is 6.28. The van der Waals surface area contributed by atoms with E-state index in [9.17, 15) is 19.8 Å². The Morgan fingerprint density at radius 1 is 1.18 bits per heavy atom. The van der Waals surface area contributed by atoms with E-state index in [0.717, 1.165) is 6.42 Å². The molecule has 2 heterocycles. The first-order valence-corrected chi connectivity index (χ1v) is 11.1. The van der Waals surface area contributed by atoms with E-state index in [4.69, 9.17) is 32.4 Å². The summed E-state index contributed by atoms with van der Waals surface area (Å²) < 4.78 is 11.1. The highest BCUT2D eigenvalue weighted by Gasteiger charge is 2.44. The average Bonchev–Trinajstić information content (AvgIpc) is 3.32. The smallest absolute Gasteiger partial charge is 0.290 e. The van der Waals surface area contributed by atoms with Crippen molar-refractivity contribution in [3.05, 3.63) is 69.1 Å². The van der Waals surface area contributed by atoms with Gasteiger partial charge in [0, 0.05) is 23.0 Å². The number of hydrogen-bond donors (Lipinski definition) is 2. The SMILES string of the molecule is CCCCN1C(=O)C(O)=C(C(=O)c2cc3cc(Cl)cc(OC)c3o2)C1c1ccc(O)c(Cl)c1. The van der Waals surface area contributed by atoms with Gasteiger partial charge in [-0.1, -0.05) is 42.6 Å². The molecule has 1 amide bonds. The van der Waals surface area contributed by atoms with Crippen LogP contribution in [-0.4, -0.2) is 40.5 Å². The third-order valence-corrected chi connectivity index (χ3v) is 6.10. The molecule has 0 bridgehead atoms. The minimum absolute atomic E-state index is 0.0664. The lowest BCUT2D eigenvalue weighted by Gasteiger charge is -2.26. The fourth-order valence-corrected chi connectivity index (χ4v) is 4.37. The van der Waals surface area contributed by atoms with Gasteiger partial charge in [-0.15, -0.1) is 0 Å². The molecule has 7 nitrogen and oxygen atoms in total. The third kappa shape index (κ3) is 4.03. The number of aliphatic hydroxyl groups is 1. The lowest BCUT2D eigenvalue weighted by atomic mass is 9.94. The number of hydrogen-bond acceptors (Lipinski definition) is 6. The normalized spacial score (nSPS) is 16.2. The predicted molar refractivity (Wildman–Crippen MR) is 124 cm³/mol. The Balaban J connectivity index is 1.84. The minimum atomic E-state index is -0.895. The van der Waals surface area contributed by atoms with Crippen molar-refractivity contribution in [1.82, 2.24) is 4.90 Å². The number of amides is 1. The van der Waals surface area contributed by atoms with Crippen molar-refractivity contribution in [2.24, 2.45) is 0 Å². The third-order valence-electron chi connectivity index (χ3n) is 5.58. The Morgan fingerprint density at radius 2 is 1.94 bits per heavy atom. The Morgan fingerprint density at radius 3 is 2.61 bits per heavy atom. The van der Waals surface area contributed by atoms with E-state index in [2.05, 4.69) is 0 Å². The average molecular weight is 490 g/mol. The van der Waals surface area contributed by atoms with Gasteiger partial charge >= 0.3 is 0 Å². The largest absolute Gasteiger partial charge is 0.506 e. The van der Waals surface area contributed by atoms with E-state index in [-0.39, 0.29) is 22.1 Å². The number of carbonyl (C=O) groups excluding carboxylic acids is 2. The van der Waals surface area contributed by atoms with Gasteiger partial charge in [0.2, 0.25) is 5.78 Å². The minimum Gasteiger partial charge on any atom is -0.506 e. The highest BCUT2D eigenvalue weighted by Crippen LogP contribution is 2.42. The molecule has 2 N–H and O–H groups in total. The molecule has 1 aromatic heterocycles. The molecule has 0 radical (unpaired) electrons. The highest BCUT2D eigenvalue weighted by atomic mass is 35.5. The monoisotopic (exact) mass is 489 g/mol. The van der Waals surface area contributed by atoms with Crippen molar-refractivity contribution >= 4 is 45.9 Å². The number of rotatable bonds is 7. The van der Waals surface area contributed by atoms with Gasteiger partial charge in [0.15, 0.2) is 22.9 Å².